The minimum absolute atomic E-state index is 0.167. The lowest BCUT2D eigenvalue weighted by Crippen LogP contribution is -1.98. The molecule has 0 atom stereocenters. The Labute approximate surface area is 159 Å². The monoisotopic (exact) mass is 384 g/mol. The van der Waals surface area contributed by atoms with Gasteiger partial charge in [0.05, 0.1) is 10.6 Å². The van der Waals surface area contributed by atoms with Gasteiger partial charge in [0.1, 0.15) is 35.4 Å². The van der Waals surface area contributed by atoms with Crippen LogP contribution in [0.25, 0.3) is 6.08 Å². The minimum atomic E-state index is -0.403. The molecule has 4 nitrogen and oxygen atoms in total. The molecule has 1 aliphatic rings. The van der Waals surface area contributed by atoms with Crippen LogP contribution in [0.3, 0.4) is 0 Å². The van der Waals surface area contributed by atoms with E-state index in [1.807, 2.05) is 13.0 Å². The molecule has 2 heterocycles. The number of hydrogen-bond donors (Lipinski definition) is 0. The van der Waals surface area contributed by atoms with E-state index in [2.05, 4.69) is 0 Å². The van der Waals surface area contributed by atoms with Crippen LogP contribution in [-0.2, 0) is 6.61 Å². The molecule has 0 unspecified atom stereocenters. The molecule has 0 spiro atoms. The van der Waals surface area contributed by atoms with E-state index >= 15 is 0 Å². The standard InChI is InChI=1S/C21H14ClFO4/c1-12-2-5-16(26-12)10-20-21(24)17-7-6-15(9-19(17)27-20)25-11-13-3-4-14(23)8-18(13)22/h2-10H,11H2,1H3/b20-10+. The number of fused-ring (bicyclic) bond motifs is 1. The lowest BCUT2D eigenvalue weighted by molar-refractivity contribution is 0.101. The molecular weight excluding hydrogens is 371 g/mol. The van der Waals surface area contributed by atoms with Crippen LogP contribution in [0.4, 0.5) is 4.39 Å². The number of ether oxygens (including phenoxy) is 2. The molecule has 3 aromatic rings. The Morgan fingerprint density at radius 3 is 2.74 bits per heavy atom. The number of hydrogen-bond acceptors (Lipinski definition) is 4. The Morgan fingerprint density at radius 1 is 1.15 bits per heavy atom. The maximum absolute atomic E-state index is 13.1. The fraction of sp³-hybridized carbons (Fsp3) is 0.0952. The molecule has 0 aliphatic carbocycles. The largest absolute Gasteiger partial charge is 0.489 e. The molecular formula is C21H14ClFO4. The second-order valence-electron chi connectivity index (χ2n) is 6.07. The van der Waals surface area contributed by atoms with Gasteiger partial charge in [0, 0.05) is 17.7 Å². The van der Waals surface area contributed by atoms with Crippen molar-refractivity contribution in [2.75, 3.05) is 0 Å². The Hall–Kier alpha value is -3.05. The molecule has 1 aliphatic heterocycles. The SMILES string of the molecule is Cc1ccc(/C=C2/Oc3cc(OCc4ccc(F)cc4Cl)ccc3C2=O)o1. The van der Waals surface area contributed by atoms with Crippen molar-refractivity contribution in [3.05, 3.63) is 87.8 Å². The van der Waals surface area contributed by atoms with Gasteiger partial charge in [0.25, 0.3) is 0 Å². The van der Waals surface area contributed by atoms with E-state index in [0.717, 1.165) is 5.76 Å². The third-order valence-electron chi connectivity index (χ3n) is 4.09. The Morgan fingerprint density at radius 2 is 2.00 bits per heavy atom. The molecule has 0 amide bonds. The predicted octanol–water partition coefficient (Wildman–Crippen LogP) is 5.58. The number of allylic oxidation sites excluding steroid dienone is 1. The molecule has 27 heavy (non-hydrogen) atoms. The Kier molecular flexibility index (Phi) is 4.46. The van der Waals surface area contributed by atoms with Crippen LogP contribution in [0, 0.1) is 12.7 Å². The highest BCUT2D eigenvalue weighted by Gasteiger charge is 2.28. The van der Waals surface area contributed by atoms with Crippen LogP contribution < -0.4 is 9.47 Å². The molecule has 0 saturated carbocycles. The first-order valence-corrected chi connectivity index (χ1v) is 8.59. The summed E-state index contributed by atoms with van der Waals surface area (Å²) < 4.78 is 29.9. The summed E-state index contributed by atoms with van der Waals surface area (Å²) >= 11 is 6.00. The van der Waals surface area contributed by atoms with Gasteiger partial charge in [0.15, 0.2) is 5.76 Å². The van der Waals surface area contributed by atoms with Crippen LogP contribution in [0.1, 0.15) is 27.4 Å². The first-order valence-electron chi connectivity index (χ1n) is 8.21. The lowest BCUT2D eigenvalue weighted by Gasteiger charge is -2.08. The molecule has 0 fully saturated rings. The maximum atomic E-state index is 13.1. The number of carbonyl (C=O) groups is 1. The fourth-order valence-corrected chi connectivity index (χ4v) is 2.94. The molecule has 1 aromatic heterocycles. The molecule has 6 heteroatoms. The van der Waals surface area contributed by atoms with Gasteiger partial charge in [-0.15, -0.1) is 0 Å². The van der Waals surface area contributed by atoms with Gasteiger partial charge in [-0.1, -0.05) is 17.7 Å². The van der Waals surface area contributed by atoms with Crippen molar-refractivity contribution in [2.45, 2.75) is 13.5 Å². The number of halogens is 2. The molecule has 0 radical (unpaired) electrons. The quantitative estimate of drug-likeness (QED) is 0.551. The number of carbonyl (C=O) groups excluding carboxylic acids is 1. The van der Waals surface area contributed by atoms with E-state index in [9.17, 15) is 9.18 Å². The normalized spacial score (nSPS) is 14.3. The first kappa shape index (κ1) is 17.4. The molecule has 2 aromatic carbocycles. The second-order valence-corrected chi connectivity index (χ2v) is 6.48. The van der Waals surface area contributed by atoms with Gasteiger partial charge in [-0.05, 0) is 43.3 Å². The van der Waals surface area contributed by atoms with Crippen molar-refractivity contribution in [3.8, 4) is 11.5 Å². The van der Waals surface area contributed by atoms with Crippen molar-refractivity contribution in [1.82, 2.24) is 0 Å². The molecule has 0 N–H and O–H groups in total. The van der Waals surface area contributed by atoms with E-state index in [0.29, 0.717) is 33.4 Å². The first-order chi connectivity index (χ1) is 13.0. The highest BCUT2D eigenvalue weighted by atomic mass is 35.5. The highest BCUT2D eigenvalue weighted by Crippen LogP contribution is 2.35. The molecule has 0 saturated heterocycles. The van der Waals surface area contributed by atoms with Crippen LogP contribution in [-0.4, -0.2) is 5.78 Å². The Balaban J connectivity index is 1.51. The predicted molar refractivity (Wildman–Crippen MR) is 98.6 cm³/mol. The van der Waals surface area contributed by atoms with Crippen molar-refractivity contribution < 1.29 is 23.1 Å². The van der Waals surface area contributed by atoms with Crippen molar-refractivity contribution >= 4 is 23.5 Å². The van der Waals surface area contributed by atoms with Gasteiger partial charge < -0.3 is 13.9 Å². The van der Waals surface area contributed by atoms with Crippen molar-refractivity contribution in [2.24, 2.45) is 0 Å². The number of ketones is 1. The number of benzene rings is 2. The third-order valence-corrected chi connectivity index (χ3v) is 4.44. The van der Waals surface area contributed by atoms with Crippen molar-refractivity contribution in [3.63, 3.8) is 0 Å². The van der Waals surface area contributed by atoms with Gasteiger partial charge in [-0.25, -0.2) is 4.39 Å². The third kappa shape index (κ3) is 3.59. The summed E-state index contributed by atoms with van der Waals surface area (Å²) in [4.78, 5) is 12.4. The maximum Gasteiger partial charge on any atom is 0.232 e. The fourth-order valence-electron chi connectivity index (χ4n) is 2.72. The zero-order chi connectivity index (χ0) is 19.0. The van der Waals surface area contributed by atoms with Crippen LogP contribution in [0.2, 0.25) is 5.02 Å². The minimum Gasteiger partial charge on any atom is -0.489 e. The van der Waals surface area contributed by atoms with Crippen molar-refractivity contribution in [1.29, 1.82) is 0 Å². The number of Topliss-reactive ketones (excluding diaryl/α,β-unsaturated/α-hetero) is 1. The number of furan rings is 1. The van der Waals surface area contributed by atoms with Gasteiger partial charge in [-0.3, -0.25) is 4.79 Å². The van der Waals surface area contributed by atoms with E-state index in [1.54, 1.807) is 36.4 Å². The topological polar surface area (TPSA) is 48.7 Å². The van der Waals surface area contributed by atoms with E-state index < -0.39 is 5.82 Å². The molecule has 0 bridgehead atoms. The zero-order valence-corrected chi connectivity index (χ0v) is 15.0. The summed E-state index contributed by atoms with van der Waals surface area (Å²) in [7, 11) is 0. The van der Waals surface area contributed by atoms with E-state index in [1.165, 1.54) is 12.1 Å². The van der Waals surface area contributed by atoms with Crippen LogP contribution in [0.5, 0.6) is 11.5 Å². The number of aryl methyl sites for hydroxylation is 1. The van der Waals surface area contributed by atoms with Crippen LogP contribution >= 0.6 is 11.6 Å². The second kappa shape index (κ2) is 6.93. The van der Waals surface area contributed by atoms with Crippen LogP contribution in [0.15, 0.2) is 58.7 Å². The summed E-state index contributed by atoms with van der Waals surface area (Å²) in [5.74, 6) is 1.80. The summed E-state index contributed by atoms with van der Waals surface area (Å²) in [6.45, 7) is 1.99. The summed E-state index contributed by atoms with van der Waals surface area (Å²) in [5.41, 5.74) is 1.11. The average molecular weight is 385 g/mol. The van der Waals surface area contributed by atoms with E-state index in [-0.39, 0.29) is 18.1 Å². The van der Waals surface area contributed by atoms with Gasteiger partial charge in [0.2, 0.25) is 5.78 Å². The Bertz CT molecular complexity index is 1070. The highest BCUT2D eigenvalue weighted by molar-refractivity contribution is 6.31. The smallest absolute Gasteiger partial charge is 0.232 e. The average Bonchev–Trinajstić information content (AvgIpc) is 3.18. The summed E-state index contributed by atoms with van der Waals surface area (Å²) in [6.07, 6.45) is 1.56. The lowest BCUT2D eigenvalue weighted by atomic mass is 10.1. The number of rotatable bonds is 4. The summed E-state index contributed by atoms with van der Waals surface area (Å²) in [6, 6.07) is 12.7. The molecule has 4 rings (SSSR count). The van der Waals surface area contributed by atoms with Gasteiger partial charge >= 0.3 is 0 Å². The molecule has 136 valence electrons. The zero-order valence-electron chi connectivity index (χ0n) is 14.3. The van der Waals surface area contributed by atoms with E-state index in [4.69, 9.17) is 25.5 Å². The summed E-state index contributed by atoms with van der Waals surface area (Å²) in [5, 5.41) is 0.293. The van der Waals surface area contributed by atoms with Gasteiger partial charge in [-0.2, -0.15) is 0 Å².